The number of nitrogens with zero attached hydrogens (tertiary/aromatic N) is 4. The fourth-order valence-corrected chi connectivity index (χ4v) is 5.42. The maximum absolute atomic E-state index is 13.1. The van der Waals surface area contributed by atoms with Gasteiger partial charge in [0.25, 0.3) is 5.91 Å². The van der Waals surface area contributed by atoms with Crippen molar-refractivity contribution < 1.29 is 4.79 Å². The number of carbonyl (C=O) groups excluding carboxylic acids is 1. The van der Waals surface area contributed by atoms with E-state index in [9.17, 15) is 4.79 Å². The summed E-state index contributed by atoms with van der Waals surface area (Å²) in [7, 11) is 0. The molecule has 1 aromatic carbocycles. The number of hydrogen-bond acceptors (Lipinski definition) is 5. The molecule has 2 saturated heterocycles. The fourth-order valence-electron chi connectivity index (χ4n) is 5.42. The molecule has 5 rings (SSSR count). The highest BCUT2D eigenvalue weighted by atomic mass is 16.1. The highest BCUT2D eigenvalue weighted by molar-refractivity contribution is 5.97. The first-order valence-electron chi connectivity index (χ1n) is 13.3. The zero-order chi connectivity index (χ0) is 24.9. The van der Waals surface area contributed by atoms with E-state index in [1.54, 1.807) is 12.4 Å². The average Bonchev–Trinajstić information content (AvgIpc) is 2.91. The number of rotatable bonds is 6. The molecule has 4 heterocycles. The Morgan fingerprint density at radius 3 is 2.42 bits per heavy atom. The number of anilines is 1. The van der Waals surface area contributed by atoms with E-state index >= 15 is 0 Å². The minimum atomic E-state index is 0.0220. The molecule has 0 radical (unpaired) electrons. The molecule has 6 heteroatoms. The number of carbonyl (C=O) groups is 1. The van der Waals surface area contributed by atoms with E-state index in [1.807, 2.05) is 37.4 Å². The van der Waals surface area contributed by atoms with Crippen molar-refractivity contribution >= 4 is 11.7 Å². The number of aromatic nitrogens is 2. The summed E-state index contributed by atoms with van der Waals surface area (Å²) < 4.78 is 0. The Balaban J connectivity index is 1.12. The second kappa shape index (κ2) is 11.2. The molecule has 2 aromatic heterocycles. The Labute approximate surface area is 214 Å². The van der Waals surface area contributed by atoms with Crippen LogP contribution in [0, 0.1) is 12.8 Å². The van der Waals surface area contributed by atoms with E-state index in [0.717, 1.165) is 79.6 Å². The molecule has 0 aliphatic carbocycles. The lowest BCUT2D eigenvalue weighted by atomic mass is 9.96. The molecule has 1 amide bonds. The zero-order valence-electron chi connectivity index (χ0n) is 21.5. The summed E-state index contributed by atoms with van der Waals surface area (Å²) in [5.74, 6) is 1.96. The van der Waals surface area contributed by atoms with Gasteiger partial charge in [-0.3, -0.25) is 14.7 Å². The van der Waals surface area contributed by atoms with Crippen molar-refractivity contribution in [1.29, 1.82) is 0 Å². The number of benzene rings is 1. The highest BCUT2D eigenvalue weighted by Crippen LogP contribution is 2.26. The molecule has 0 unspecified atom stereocenters. The van der Waals surface area contributed by atoms with E-state index in [4.69, 9.17) is 4.98 Å². The van der Waals surface area contributed by atoms with Gasteiger partial charge < -0.3 is 10.2 Å². The summed E-state index contributed by atoms with van der Waals surface area (Å²) >= 11 is 0. The molecule has 6 nitrogen and oxygen atoms in total. The van der Waals surface area contributed by atoms with Crippen LogP contribution in [-0.4, -0.2) is 53.0 Å². The number of nitrogens with one attached hydrogen (secondary N) is 1. The molecule has 2 aliphatic heterocycles. The minimum Gasteiger partial charge on any atom is -0.357 e. The summed E-state index contributed by atoms with van der Waals surface area (Å²) in [4.78, 5) is 26.9. The zero-order valence-corrected chi connectivity index (χ0v) is 21.5. The predicted molar refractivity (Wildman–Crippen MR) is 145 cm³/mol. The normalized spacial score (nSPS) is 17.8. The van der Waals surface area contributed by atoms with Gasteiger partial charge >= 0.3 is 0 Å². The summed E-state index contributed by atoms with van der Waals surface area (Å²) in [5, 5.41) is 3.29. The summed E-state index contributed by atoms with van der Waals surface area (Å²) in [6.45, 7) is 9.46. The van der Waals surface area contributed by atoms with E-state index < -0.39 is 0 Å². The number of amides is 1. The summed E-state index contributed by atoms with van der Waals surface area (Å²) in [6.07, 6.45) is 10.1. The second-order valence-electron chi connectivity index (χ2n) is 10.4. The predicted octanol–water partition coefficient (Wildman–Crippen LogP) is 5.08. The van der Waals surface area contributed by atoms with E-state index in [0.29, 0.717) is 0 Å². The molecule has 0 spiro atoms. The van der Waals surface area contributed by atoms with Crippen LogP contribution >= 0.6 is 0 Å². The van der Waals surface area contributed by atoms with Gasteiger partial charge in [-0.05, 0) is 85.0 Å². The second-order valence-corrected chi connectivity index (χ2v) is 10.4. The van der Waals surface area contributed by atoms with Gasteiger partial charge in [-0.25, -0.2) is 4.98 Å². The number of likely N-dealkylation sites (tertiary alicyclic amines) is 1. The molecule has 2 aliphatic rings. The fraction of sp³-hybridized carbons (Fsp3) is 0.433. The third kappa shape index (κ3) is 5.76. The Morgan fingerprint density at radius 1 is 0.972 bits per heavy atom. The standard InChI is InChI=1S/C30H37N5O/c1-22-10-18-35(19-11-22)29-7-6-24(20-32-29)21-34-16-12-26(13-17-34)33-30(36)28-5-3-4-27(23(28)2)25-8-14-31-15-9-25/h3-9,14-15,20,22,26H,10-13,16-19,21H2,1-2H3,(H,33,36). The van der Waals surface area contributed by atoms with Gasteiger partial charge in [0.2, 0.25) is 0 Å². The quantitative estimate of drug-likeness (QED) is 0.530. The van der Waals surface area contributed by atoms with Gasteiger partial charge in [0.15, 0.2) is 0 Å². The van der Waals surface area contributed by atoms with Crippen LogP contribution in [0.25, 0.3) is 11.1 Å². The SMILES string of the molecule is Cc1c(C(=O)NC2CCN(Cc3ccc(N4CCC(C)CC4)nc3)CC2)cccc1-c1ccncc1. The lowest BCUT2D eigenvalue weighted by Gasteiger charge is -2.33. The molecule has 188 valence electrons. The molecule has 2 fully saturated rings. The van der Waals surface area contributed by atoms with Crippen molar-refractivity contribution in [2.75, 3.05) is 31.1 Å². The van der Waals surface area contributed by atoms with Crippen molar-refractivity contribution in [3.05, 3.63) is 77.7 Å². The van der Waals surface area contributed by atoms with Crippen molar-refractivity contribution in [2.45, 2.75) is 52.1 Å². The molecule has 0 bridgehead atoms. The van der Waals surface area contributed by atoms with Gasteiger partial charge in [0.1, 0.15) is 5.82 Å². The lowest BCUT2D eigenvalue weighted by Crippen LogP contribution is -2.44. The first-order valence-corrected chi connectivity index (χ1v) is 13.3. The van der Waals surface area contributed by atoms with Gasteiger partial charge in [-0.1, -0.05) is 25.1 Å². The third-order valence-electron chi connectivity index (χ3n) is 7.82. The van der Waals surface area contributed by atoms with Crippen LogP contribution < -0.4 is 10.2 Å². The van der Waals surface area contributed by atoms with Crippen LogP contribution in [0.1, 0.15) is 54.1 Å². The number of hydrogen-bond donors (Lipinski definition) is 1. The molecular weight excluding hydrogens is 446 g/mol. The lowest BCUT2D eigenvalue weighted by molar-refractivity contribution is 0.0908. The van der Waals surface area contributed by atoms with E-state index in [2.05, 4.69) is 45.2 Å². The molecule has 36 heavy (non-hydrogen) atoms. The Bertz CT molecular complexity index is 1150. The average molecular weight is 484 g/mol. The van der Waals surface area contributed by atoms with Crippen molar-refractivity contribution in [2.24, 2.45) is 5.92 Å². The van der Waals surface area contributed by atoms with Crippen molar-refractivity contribution in [1.82, 2.24) is 20.2 Å². The van der Waals surface area contributed by atoms with Crippen LogP contribution in [0.5, 0.6) is 0 Å². The van der Waals surface area contributed by atoms with Crippen LogP contribution in [0.3, 0.4) is 0 Å². The van der Waals surface area contributed by atoms with E-state index in [-0.39, 0.29) is 11.9 Å². The number of piperidine rings is 2. The molecule has 1 N–H and O–H groups in total. The van der Waals surface area contributed by atoms with Gasteiger partial charge in [-0.15, -0.1) is 0 Å². The maximum Gasteiger partial charge on any atom is 0.251 e. The molecule has 0 saturated carbocycles. The largest absolute Gasteiger partial charge is 0.357 e. The van der Waals surface area contributed by atoms with E-state index in [1.165, 1.54) is 18.4 Å². The smallest absolute Gasteiger partial charge is 0.251 e. The van der Waals surface area contributed by atoms with Crippen molar-refractivity contribution in [3.8, 4) is 11.1 Å². The molecule has 0 atom stereocenters. The van der Waals surface area contributed by atoms with Gasteiger partial charge in [-0.2, -0.15) is 0 Å². The summed E-state index contributed by atoms with van der Waals surface area (Å²) in [5.41, 5.74) is 5.18. The monoisotopic (exact) mass is 483 g/mol. The van der Waals surface area contributed by atoms with Gasteiger partial charge in [0.05, 0.1) is 0 Å². The van der Waals surface area contributed by atoms with Crippen LogP contribution in [0.4, 0.5) is 5.82 Å². The minimum absolute atomic E-state index is 0.0220. The first-order chi connectivity index (χ1) is 17.6. The van der Waals surface area contributed by atoms with Crippen LogP contribution in [0.15, 0.2) is 61.1 Å². The third-order valence-corrected chi connectivity index (χ3v) is 7.82. The topological polar surface area (TPSA) is 61.4 Å². The van der Waals surface area contributed by atoms with Crippen LogP contribution in [0.2, 0.25) is 0 Å². The Kier molecular flexibility index (Phi) is 7.61. The molecule has 3 aromatic rings. The summed E-state index contributed by atoms with van der Waals surface area (Å²) in [6, 6.07) is 14.5. The maximum atomic E-state index is 13.1. The Morgan fingerprint density at radius 2 is 1.72 bits per heavy atom. The number of pyridine rings is 2. The van der Waals surface area contributed by atoms with Crippen LogP contribution in [-0.2, 0) is 6.54 Å². The molecular formula is C30H37N5O. The highest BCUT2D eigenvalue weighted by Gasteiger charge is 2.23. The van der Waals surface area contributed by atoms with Gasteiger partial charge in [0, 0.05) is 62.9 Å². The Hall–Kier alpha value is -3.25. The first kappa shape index (κ1) is 24.4. The van der Waals surface area contributed by atoms with Crippen molar-refractivity contribution in [3.63, 3.8) is 0 Å².